The first-order valence-electron chi connectivity index (χ1n) is 6.50. The highest BCUT2D eigenvalue weighted by atomic mass is 127. The van der Waals surface area contributed by atoms with E-state index < -0.39 is 0 Å². The third kappa shape index (κ3) is 1.87. The standard InChI is InChI=1S/C16H13IN2/c17-14-6-5-12-9-18-19(16(12)8-14)10-13-7-11-3-1-2-4-15(11)13/h1-6,8-9,13H,7,10H2. The van der Waals surface area contributed by atoms with Crippen molar-refractivity contribution in [1.29, 1.82) is 0 Å². The molecule has 1 atom stereocenters. The molecule has 19 heavy (non-hydrogen) atoms. The summed E-state index contributed by atoms with van der Waals surface area (Å²) in [5.41, 5.74) is 4.24. The van der Waals surface area contributed by atoms with E-state index in [2.05, 4.69) is 74.8 Å². The third-order valence-electron chi connectivity index (χ3n) is 3.96. The summed E-state index contributed by atoms with van der Waals surface area (Å²) in [6, 6.07) is 15.2. The average Bonchev–Trinajstić information content (AvgIpc) is 2.78. The molecule has 0 saturated carbocycles. The predicted octanol–water partition coefficient (Wildman–Crippen LogP) is 3.98. The first-order valence-corrected chi connectivity index (χ1v) is 7.58. The molecule has 2 aromatic carbocycles. The number of aromatic nitrogens is 2. The second-order valence-electron chi connectivity index (χ2n) is 5.13. The lowest BCUT2D eigenvalue weighted by Gasteiger charge is -2.30. The van der Waals surface area contributed by atoms with Gasteiger partial charge in [0.15, 0.2) is 0 Å². The van der Waals surface area contributed by atoms with Gasteiger partial charge in [-0.1, -0.05) is 30.3 Å². The topological polar surface area (TPSA) is 17.8 Å². The van der Waals surface area contributed by atoms with E-state index in [0.29, 0.717) is 5.92 Å². The quantitative estimate of drug-likeness (QED) is 0.632. The maximum atomic E-state index is 4.54. The summed E-state index contributed by atoms with van der Waals surface area (Å²) in [6.07, 6.45) is 3.15. The van der Waals surface area contributed by atoms with Crippen molar-refractivity contribution in [3.05, 3.63) is 63.4 Å². The molecule has 0 fully saturated rings. The summed E-state index contributed by atoms with van der Waals surface area (Å²) in [5.74, 6) is 0.622. The normalized spacial score (nSPS) is 17.2. The van der Waals surface area contributed by atoms with Gasteiger partial charge in [0, 0.05) is 21.4 Å². The van der Waals surface area contributed by atoms with Gasteiger partial charge in [-0.15, -0.1) is 0 Å². The Bertz CT molecular complexity index is 760. The molecular formula is C16H13IN2. The SMILES string of the molecule is Ic1ccc2cnn(CC3Cc4ccccc43)c2c1. The van der Waals surface area contributed by atoms with Gasteiger partial charge in [0.2, 0.25) is 0 Å². The van der Waals surface area contributed by atoms with E-state index in [1.165, 1.54) is 32.0 Å². The van der Waals surface area contributed by atoms with Gasteiger partial charge in [-0.25, -0.2) is 0 Å². The zero-order valence-electron chi connectivity index (χ0n) is 10.4. The van der Waals surface area contributed by atoms with Crippen molar-refractivity contribution >= 4 is 33.5 Å². The van der Waals surface area contributed by atoms with E-state index >= 15 is 0 Å². The Hall–Kier alpha value is -1.36. The minimum absolute atomic E-state index is 0.622. The molecule has 0 N–H and O–H groups in total. The van der Waals surface area contributed by atoms with Crippen LogP contribution in [-0.4, -0.2) is 9.78 Å². The number of rotatable bonds is 2. The molecule has 1 aliphatic carbocycles. The largest absolute Gasteiger partial charge is 0.264 e. The summed E-state index contributed by atoms with van der Waals surface area (Å²) in [6.45, 7) is 0.987. The van der Waals surface area contributed by atoms with Crippen LogP contribution in [0.1, 0.15) is 17.0 Å². The lowest BCUT2D eigenvalue weighted by atomic mass is 9.77. The van der Waals surface area contributed by atoms with Gasteiger partial charge in [0.05, 0.1) is 11.7 Å². The van der Waals surface area contributed by atoms with Crippen LogP contribution >= 0.6 is 22.6 Å². The molecular weight excluding hydrogens is 347 g/mol. The molecule has 0 radical (unpaired) electrons. The molecule has 1 aliphatic rings. The first kappa shape index (κ1) is 11.5. The van der Waals surface area contributed by atoms with Gasteiger partial charge in [-0.2, -0.15) is 5.10 Å². The van der Waals surface area contributed by atoms with Crippen molar-refractivity contribution in [2.24, 2.45) is 0 Å². The highest BCUT2D eigenvalue weighted by Crippen LogP contribution is 2.36. The Morgan fingerprint density at radius 1 is 1.21 bits per heavy atom. The summed E-state index contributed by atoms with van der Waals surface area (Å²) in [4.78, 5) is 0. The Balaban J connectivity index is 1.68. The van der Waals surface area contributed by atoms with Crippen LogP contribution < -0.4 is 0 Å². The molecule has 2 nitrogen and oxygen atoms in total. The second-order valence-corrected chi connectivity index (χ2v) is 6.38. The number of fused-ring (bicyclic) bond motifs is 2. The van der Waals surface area contributed by atoms with Crippen LogP contribution in [0, 0.1) is 3.57 Å². The maximum Gasteiger partial charge on any atom is 0.0693 e. The molecule has 0 spiro atoms. The van der Waals surface area contributed by atoms with Crippen molar-refractivity contribution in [1.82, 2.24) is 9.78 Å². The van der Waals surface area contributed by atoms with Crippen LogP contribution in [0.2, 0.25) is 0 Å². The molecule has 1 aromatic heterocycles. The Morgan fingerprint density at radius 3 is 3.00 bits per heavy atom. The molecule has 0 amide bonds. The summed E-state index contributed by atoms with van der Waals surface area (Å²) in [5, 5.41) is 5.77. The zero-order valence-corrected chi connectivity index (χ0v) is 12.5. The highest BCUT2D eigenvalue weighted by Gasteiger charge is 2.26. The Kier molecular flexibility index (Phi) is 2.62. The Labute approximate surface area is 125 Å². The monoisotopic (exact) mass is 360 g/mol. The summed E-state index contributed by atoms with van der Waals surface area (Å²) < 4.78 is 3.42. The van der Waals surface area contributed by atoms with E-state index in [-0.39, 0.29) is 0 Å². The van der Waals surface area contributed by atoms with Gasteiger partial charge in [0.25, 0.3) is 0 Å². The molecule has 1 unspecified atom stereocenters. The molecule has 0 saturated heterocycles. The van der Waals surface area contributed by atoms with E-state index in [1.54, 1.807) is 0 Å². The van der Waals surface area contributed by atoms with E-state index in [9.17, 15) is 0 Å². The van der Waals surface area contributed by atoms with Crippen LogP contribution in [0.15, 0.2) is 48.7 Å². The minimum atomic E-state index is 0.622. The average molecular weight is 360 g/mol. The van der Waals surface area contributed by atoms with Crippen LogP contribution in [-0.2, 0) is 13.0 Å². The fourth-order valence-electron chi connectivity index (χ4n) is 2.92. The van der Waals surface area contributed by atoms with Gasteiger partial charge in [-0.05, 0) is 52.3 Å². The molecule has 0 aliphatic heterocycles. The van der Waals surface area contributed by atoms with Crippen molar-refractivity contribution in [3.8, 4) is 0 Å². The van der Waals surface area contributed by atoms with Gasteiger partial charge in [-0.3, -0.25) is 4.68 Å². The molecule has 0 bridgehead atoms. The molecule has 3 heteroatoms. The van der Waals surface area contributed by atoms with Crippen molar-refractivity contribution in [2.75, 3.05) is 0 Å². The lowest BCUT2D eigenvalue weighted by Crippen LogP contribution is -2.22. The van der Waals surface area contributed by atoms with Crippen molar-refractivity contribution < 1.29 is 0 Å². The number of nitrogens with zero attached hydrogens (tertiary/aromatic N) is 2. The fourth-order valence-corrected chi connectivity index (χ4v) is 3.40. The molecule has 3 aromatic rings. The van der Waals surface area contributed by atoms with Crippen molar-refractivity contribution in [3.63, 3.8) is 0 Å². The number of halogens is 1. The van der Waals surface area contributed by atoms with Crippen LogP contribution in [0.3, 0.4) is 0 Å². The molecule has 4 rings (SSSR count). The number of benzene rings is 2. The first-order chi connectivity index (χ1) is 9.31. The van der Waals surface area contributed by atoms with Gasteiger partial charge >= 0.3 is 0 Å². The molecule has 1 heterocycles. The Morgan fingerprint density at radius 2 is 2.11 bits per heavy atom. The number of hydrogen-bond acceptors (Lipinski definition) is 1. The van der Waals surface area contributed by atoms with Gasteiger partial charge < -0.3 is 0 Å². The molecule has 94 valence electrons. The summed E-state index contributed by atoms with van der Waals surface area (Å²) >= 11 is 2.36. The smallest absolute Gasteiger partial charge is 0.0693 e. The van der Waals surface area contributed by atoms with E-state index in [1.807, 2.05) is 6.20 Å². The van der Waals surface area contributed by atoms with E-state index in [4.69, 9.17) is 0 Å². The van der Waals surface area contributed by atoms with E-state index in [0.717, 1.165) is 6.54 Å². The zero-order chi connectivity index (χ0) is 12.8. The van der Waals surface area contributed by atoms with Gasteiger partial charge in [0.1, 0.15) is 0 Å². The van der Waals surface area contributed by atoms with Crippen LogP contribution in [0.4, 0.5) is 0 Å². The number of hydrogen-bond donors (Lipinski definition) is 0. The van der Waals surface area contributed by atoms with Crippen LogP contribution in [0.25, 0.3) is 10.9 Å². The minimum Gasteiger partial charge on any atom is -0.264 e. The fraction of sp³-hybridized carbons (Fsp3) is 0.188. The summed E-state index contributed by atoms with van der Waals surface area (Å²) in [7, 11) is 0. The maximum absolute atomic E-state index is 4.54. The highest BCUT2D eigenvalue weighted by molar-refractivity contribution is 14.1. The lowest BCUT2D eigenvalue weighted by molar-refractivity contribution is 0.485. The second kappa shape index (κ2) is 4.34. The van der Waals surface area contributed by atoms with Crippen LogP contribution in [0.5, 0.6) is 0 Å². The third-order valence-corrected chi connectivity index (χ3v) is 4.63. The van der Waals surface area contributed by atoms with Crippen molar-refractivity contribution in [2.45, 2.75) is 18.9 Å². The predicted molar refractivity (Wildman–Crippen MR) is 85.3 cm³/mol.